The first-order valence-corrected chi connectivity index (χ1v) is 9.49. The van der Waals surface area contributed by atoms with Crippen molar-refractivity contribution in [2.24, 2.45) is 0 Å². The number of aryl methyl sites for hydroxylation is 1. The van der Waals surface area contributed by atoms with Crippen molar-refractivity contribution in [3.05, 3.63) is 28.2 Å². The van der Waals surface area contributed by atoms with Crippen molar-refractivity contribution < 1.29 is 4.79 Å². The van der Waals surface area contributed by atoms with Crippen molar-refractivity contribution in [3.63, 3.8) is 0 Å². The van der Waals surface area contributed by atoms with Crippen LogP contribution in [-0.4, -0.2) is 48.1 Å². The minimum atomic E-state index is 0.0119. The van der Waals surface area contributed by atoms with Crippen molar-refractivity contribution in [1.29, 1.82) is 0 Å². The molecule has 1 aliphatic carbocycles. The van der Waals surface area contributed by atoms with Crippen molar-refractivity contribution in [2.75, 3.05) is 31.5 Å². The van der Waals surface area contributed by atoms with Crippen molar-refractivity contribution in [1.82, 2.24) is 9.80 Å². The minimum Gasteiger partial charge on any atom is -0.322 e. The van der Waals surface area contributed by atoms with Gasteiger partial charge in [0.05, 0.1) is 5.69 Å². The van der Waals surface area contributed by atoms with E-state index in [4.69, 9.17) is 0 Å². The predicted octanol–water partition coefficient (Wildman–Crippen LogP) is 4.24. The number of rotatable bonds is 2. The van der Waals surface area contributed by atoms with Gasteiger partial charge in [0, 0.05) is 36.7 Å². The molecule has 1 aromatic carbocycles. The topological polar surface area (TPSA) is 35.6 Å². The van der Waals surface area contributed by atoms with Crippen LogP contribution >= 0.6 is 15.9 Å². The number of urea groups is 1. The van der Waals surface area contributed by atoms with E-state index in [2.05, 4.69) is 26.1 Å². The summed E-state index contributed by atoms with van der Waals surface area (Å²) < 4.78 is 0.937. The van der Waals surface area contributed by atoms with E-state index in [1.807, 2.05) is 30.0 Å². The van der Waals surface area contributed by atoms with Crippen LogP contribution in [0.25, 0.3) is 0 Å². The summed E-state index contributed by atoms with van der Waals surface area (Å²) in [6.07, 6.45) is 6.80. The fraction of sp³-hybridized carbons (Fsp3) is 0.611. The van der Waals surface area contributed by atoms with Gasteiger partial charge in [-0.1, -0.05) is 25.3 Å². The Kier molecular flexibility index (Phi) is 5.59. The molecule has 0 spiro atoms. The number of nitrogens with zero attached hydrogens (tertiary/aromatic N) is 2. The molecule has 5 heteroatoms. The lowest BCUT2D eigenvalue weighted by Crippen LogP contribution is -2.53. The van der Waals surface area contributed by atoms with E-state index >= 15 is 0 Å². The Morgan fingerprint density at radius 1 is 1.13 bits per heavy atom. The van der Waals surface area contributed by atoms with Crippen LogP contribution in [0.15, 0.2) is 22.7 Å². The lowest BCUT2D eigenvalue weighted by atomic mass is 9.94. The molecule has 3 rings (SSSR count). The van der Waals surface area contributed by atoms with Gasteiger partial charge in [0.25, 0.3) is 0 Å². The van der Waals surface area contributed by atoms with Gasteiger partial charge in [0.1, 0.15) is 0 Å². The molecule has 0 bridgehead atoms. The first kappa shape index (κ1) is 16.8. The molecular weight excluding hydrogens is 354 g/mol. The molecular formula is C18H26BrN3O. The summed E-state index contributed by atoms with van der Waals surface area (Å²) in [6, 6.07) is 6.76. The number of hydrogen-bond donors (Lipinski definition) is 1. The minimum absolute atomic E-state index is 0.0119. The third kappa shape index (κ3) is 4.27. The highest BCUT2D eigenvalue weighted by atomic mass is 79.9. The number of carbonyl (C=O) groups is 1. The van der Waals surface area contributed by atoms with E-state index < -0.39 is 0 Å². The second-order valence-corrected chi connectivity index (χ2v) is 7.58. The second-order valence-electron chi connectivity index (χ2n) is 6.73. The van der Waals surface area contributed by atoms with Crippen LogP contribution in [0.4, 0.5) is 10.5 Å². The Balaban J connectivity index is 1.51. The smallest absolute Gasteiger partial charge is 0.321 e. The number of benzene rings is 1. The lowest BCUT2D eigenvalue weighted by Gasteiger charge is -2.40. The van der Waals surface area contributed by atoms with Gasteiger partial charge >= 0.3 is 6.03 Å². The zero-order valence-corrected chi connectivity index (χ0v) is 15.4. The highest BCUT2D eigenvalue weighted by molar-refractivity contribution is 9.10. The van der Waals surface area contributed by atoms with Crippen molar-refractivity contribution in [3.8, 4) is 0 Å². The predicted molar refractivity (Wildman–Crippen MR) is 97.9 cm³/mol. The van der Waals surface area contributed by atoms with Crippen LogP contribution < -0.4 is 5.32 Å². The number of halogens is 1. The standard InChI is InChI=1S/C18H26BrN3O/c1-14-7-8-17(16(19)13-14)20-18(23)22-11-9-21(10-12-22)15-5-3-2-4-6-15/h7-8,13,15H,2-6,9-12H2,1H3,(H,20,23). The number of carbonyl (C=O) groups excluding carboxylic acids is 1. The van der Waals surface area contributed by atoms with E-state index in [1.54, 1.807) is 0 Å². The molecule has 2 fully saturated rings. The van der Waals surface area contributed by atoms with E-state index in [9.17, 15) is 4.79 Å². The average molecular weight is 380 g/mol. The molecule has 2 aliphatic rings. The zero-order chi connectivity index (χ0) is 16.2. The highest BCUT2D eigenvalue weighted by Gasteiger charge is 2.27. The van der Waals surface area contributed by atoms with Crippen molar-refractivity contribution >= 4 is 27.6 Å². The summed E-state index contributed by atoms with van der Waals surface area (Å²) in [4.78, 5) is 17.0. The molecule has 126 valence electrons. The van der Waals surface area contributed by atoms with Crippen LogP contribution in [0.5, 0.6) is 0 Å². The van der Waals surface area contributed by atoms with Crippen LogP contribution in [-0.2, 0) is 0 Å². The van der Waals surface area contributed by atoms with Gasteiger partial charge in [-0.3, -0.25) is 4.90 Å². The van der Waals surface area contributed by atoms with Gasteiger partial charge < -0.3 is 10.2 Å². The molecule has 1 saturated carbocycles. The Hall–Kier alpha value is -1.07. The molecule has 1 saturated heterocycles. The SMILES string of the molecule is Cc1ccc(NC(=O)N2CCN(C3CCCCC3)CC2)c(Br)c1. The second kappa shape index (κ2) is 7.67. The van der Waals surface area contributed by atoms with Crippen LogP contribution in [0, 0.1) is 6.92 Å². The monoisotopic (exact) mass is 379 g/mol. The molecule has 1 aliphatic heterocycles. The molecule has 1 N–H and O–H groups in total. The molecule has 0 aromatic heterocycles. The molecule has 0 radical (unpaired) electrons. The largest absolute Gasteiger partial charge is 0.322 e. The first-order chi connectivity index (χ1) is 11.1. The quantitative estimate of drug-likeness (QED) is 0.833. The molecule has 23 heavy (non-hydrogen) atoms. The number of piperazine rings is 1. The first-order valence-electron chi connectivity index (χ1n) is 8.69. The van der Waals surface area contributed by atoms with Gasteiger partial charge in [-0.25, -0.2) is 4.79 Å². The van der Waals surface area contributed by atoms with Crippen LogP contribution in [0.3, 0.4) is 0 Å². The highest BCUT2D eigenvalue weighted by Crippen LogP contribution is 2.25. The summed E-state index contributed by atoms with van der Waals surface area (Å²) in [5.74, 6) is 0. The number of nitrogens with one attached hydrogen (secondary N) is 1. The Labute approximate surface area is 147 Å². The number of amides is 2. The Bertz CT molecular complexity index is 549. The maximum atomic E-state index is 12.5. The van der Waals surface area contributed by atoms with Crippen LogP contribution in [0.2, 0.25) is 0 Å². The third-order valence-corrected chi connectivity index (χ3v) is 5.71. The summed E-state index contributed by atoms with van der Waals surface area (Å²) in [5, 5.41) is 3.02. The normalized spacial score (nSPS) is 20.5. The third-order valence-electron chi connectivity index (χ3n) is 5.06. The zero-order valence-electron chi connectivity index (χ0n) is 13.9. The van der Waals surface area contributed by atoms with Gasteiger partial charge in [-0.15, -0.1) is 0 Å². The number of hydrogen-bond acceptors (Lipinski definition) is 2. The molecule has 1 aromatic rings. The van der Waals surface area contributed by atoms with E-state index in [-0.39, 0.29) is 6.03 Å². The maximum Gasteiger partial charge on any atom is 0.321 e. The average Bonchev–Trinajstić information content (AvgIpc) is 2.58. The fourth-order valence-electron chi connectivity index (χ4n) is 3.65. The van der Waals surface area contributed by atoms with E-state index in [0.717, 1.165) is 42.4 Å². The summed E-state index contributed by atoms with van der Waals surface area (Å²) >= 11 is 3.52. The van der Waals surface area contributed by atoms with Crippen LogP contribution in [0.1, 0.15) is 37.7 Å². The summed E-state index contributed by atoms with van der Waals surface area (Å²) in [6.45, 7) is 5.71. The molecule has 1 heterocycles. The Morgan fingerprint density at radius 2 is 1.83 bits per heavy atom. The lowest BCUT2D eigenvalue weighted by molar-refractivity contribution is 0.0943. The molecule has 0 atom stereocenters. The molecule has 2 amide bonds. The summed E-state index contributed by atoms with van der Waals surface area (Å²) in [5.41, 5.74) is 2.02. The van der Waals surface area contributed by atoms with Gasteiger partial charge in [0.15, 0.2) is 0 Å². The molecule has 0 unspecified atom stereocenters. The van der Waals surface area contributed by atoms with Gasteiger partial charge in [-0.2, -0.15) is 0 Å². The van der Waals surface area contributed by atoms with Gasteiger partial charge in [-0.05, 0) is 53.4 Å². The summed E-state index contributed by atoms with van der Waals surface area (Å²) in [7, 11) is 0. The molecule has 4 nitrogen and oxygen atoms in total. The van der Waals surface area contributed by atoms with E-state index in [1.165, 1.54) is 37.7 Å². The number of anilines is 1. The maximum absolute atomic E-state index is 12.5. The fourth-order valence-corrected chi connectivity index (χ4v) is 4.24. The van der Waals surface area contributed by atoms with E-state index in [0.29, 0.717) is 0 Å². The van der Waals surface area contributed by atoms with Gasteiger partial charge in [0.2, 0.25) is 0 Å². The Morgan fingerprint density at radius 3 is 2.48 bits per heavy atom. The van der Waals surface area contributed by atoms with Crippen molar-refractivity contribution in [2.45, 2.75) is 45.1 Å².